The lowest BCUT2D eigenvalue weighted by Gasteiger charge is -2.32. The first kappa shape index (κ1) is 17.8. The van der Waals surface area contributed by atoms with E-state index in [1.165, 1.54) is 15.3 Å². The molecule has 1 aliphatic heterocycles. The molecule has 1 aliphatic rings. The molecule has 0 bridgehead atoms. The smallest absolute Gasteiger partial charge is 0.288 e. The van der Waals surface area contributed by atoms with E-state index in [0.717, 1.165) is 6.42 Å². The number of carbonyl (C=O) groups excluding carboxylic acids is 1. The number of amides is 1. The normalized spacial score (nSPS) is 19.0. The van der Waals surface area contributed by atoms with Crippen molar-refractivity contribution in [2.24, 2.45) is 5.73 Å². The Morgan fingerprint density at radius 3 is 2.80 bits per heavy atom. The minimum Gasteiger partial charge on any atom is -0.363 e. The van der Waals surface area contributed by atoms with Crippen molar-refractivity contribution < 1.29 is 13.2 Å². The first-order chi connectivity index (χ1) is 11.8. The highest BCUT2D eigenvalue weighted by molar-refractivity contribution is 7.89. The minimum atomic E-state index is -3.73. The number of halogens is 1. The van der Waals surface area contributed by atoms with Crippen LogP contribution in [0.5, 0.6) is 0 Å². The van der Waals surface area contributed by atoms with Gasteiger partial charge in [-0.1, -0.05) is 23.7 Å². The Morgan fingerprint density at radius 2 is 2.16 bits per heavy atom. The average Bonchev–Trinajstić information content (AvgIpc) is 3.05. The largest absolute Gasteiger partial charge is 0.363 e. The van der Waals surface area contributed by atoms with Gasteiger partial charge in [0.2, 0.25) is 15.8 Å². The molecule has 1 fully saturated rings. The standard InChI is InChI=1S/C15H18ClN5O3S/c1-10-4-2-6-12(16)13(10)25(23,24)20-7-3-5-11(8-20)21-9-18-15(19-21)14(17)22/h2,4,6,9,11H,3,5,7-8H2,1H3,(H2,17,22). The van der Waals surface area contributed by atoms with Crippen LogP contribution in [0.4, 0.5) is 0 Å². The summed E-state index contributed by atoms with van der Waals surface area (Å²) in [5.74, 6) is -0.798. The van der Waals surface area contributed by atoms with E-state index in [1.54, 1.807) is 25.1 Å². The number of rotatable bonds is 4. The molecule has 1 atom stereocenters. The number of primary amides is 1. The molecule has 2 heterocycles. The van der Waals surface area contributed by atoms with Crippen LogP contribution in [-0.2, 0) is 10.0 Å². The molecule has 1 amide bonds. The second-order valence-electron chi connectivity index (χ2n) is 5.96. The summed E-state index contributed by atoms with van der Waals surface area (Å²) in [5, 5.41) is 4.25. The zero-order valence-electron chi connectivity index (χ0n) is 13.6. The number of hydrogen-bond acceptors (Lipinski definition) is 5. The van der Waals surface area contributed by atoms with Crippen molar-refractivity contribution in [2.75, 3.05) is 13.1 Å². The van der Waals surface area contributed by atoms with Crippen LogP contribution in [0.25, 0.3) is 0 Å². The number of carbonyl (C=O) groups is 1. The summed E-state index contributed by atoms with van der Waals surface area (Å²) in [4.78, 5) is 15.1. The lowest BCUT2D eigenvalue weighted by molar-refractivity contribution is 0.0989. The number of nitrogens with zero attached hydrogens (tertiary/aromatic N) is 4. The van der Waals surface area contributed by atoms with Gasteiger partial charge >= 0.3 is 0 Å². The van der Waals surface area contributed by atoms with Crippen molar-refractivity contribution in [2.45, 2.75) is 30.7 Å². The van der Waals surface area contributed by atoms with Crippen LogP contribution >= 0.6 is 11.6 Å². The first-order valence-electron chi connectivity index (χ1n) is 7.77. The maximum absolute atomic E-state index is 13.0. The van der Waals surface area contributed by atoms with Gasteiger partial charge in [0, 0.05) is 13.1 Å². The molecule has 0 aliphatic carbocycles. The van der Waals surface area contributed by atoms with Gasteiger partial charge < -0.3 is 5.73 Å². The number of nitrogens with two attached hydrogens (primary N) is 1. The molecule has 1 aromatic carbocycles. The van der Waals surface area contributed by atoms with Crippen LogP contribution in [0.2, 0.25) is 5.02 Å². The van der Waals surface area contributed by atoms with Gasteiger partial charge in [-0.3, -0.25) is 4.79 Å². The van der Waals surface area contributed by atoms with Gasteiger partial charge in [-0.25, -0.2) is 18.1 Å². The zero-order valence-corrected chi connectivity index (χ0v) is 15.2. The van der Waals surface area contributed by atoms with Crippen molar-refractivity contribution in [3.05, 3.63) is 40.9 Å². The molecule has 0 saturated carbocycles. The van der Waals surface area contributed by atoms with Gasteiger partial charge in [-0.2, -0.15) is 4.31 Å². The van der Waals surface area contributed by atoms with Gasteiger partial charge in [0.05, 0.1) is 11.1 Å². The van der Waals surface area contributed by atoms with Crippen LogP contribution in [0.15, 0.2) is 29.4 Å². The maximum Gasteiger partial charge on any atom is 0.288 e. The molecule has 2 N–H and O–H groups in total. The third kappa shape index (κ3) is 3.39. The third-order valence-corrected chi connectivity index (χ3v) is 6.72. The summed E-state index contributed by atoms with van der Waals surface area (Å²) < 4.78 is 29.0. The Bertz CT molecular complexity index is 891. The second kappa shape index (κ2) is 6.74. The van der Waals surface area contributed by atoms with E-state index in [0.29, 0.717) is 18.5 Å². The molecule has 1 aromatic heterocycles. The van der Waals surface area contributed by atoms with Crippen LogP contribution in [0.3, 0.4) is 0 Å². The lowest BCUT2D eigenvalue weighted by Crippen LogP contribution is -2.41. The number of sulfonamides is 1. The van der Waals surface area contributed by atoms with Gasteiger partial charge in [-0.15, -0.1) is 5.10 Å². The Morgan fingerprint density at radius 1 is 1.40 bits per heavy atom. The van der Waals surface area contributed by atoms with Gasteiger partial charge in [0.1, 0.15) is 11.2 Å². The fraction of sp³-hybridized carbons (Fsp3) is 0.400. The summed E-state index contributed by atoms with van der Waals surface area (Å²) in [6.45, 7) is 2.35. The van der Waals surface area contributed by atoms with Gasteiger partial charge in [0.15, 0.2) is 0 Å². The van der Waals surface area contributed by atoms with Crippen molar-refractivity contribution in [3.8, 4) is 0 Å². The lowest BCUT2D eigenvalue weighted by atomic mass is 10.1. The third-order valence-electron chi connectivity index (χ3n) is 4.22. The minimum absolute atomic E-state index is 0.0815. The molecular weight excluding hydrogens is 366 g/mol. The van der Waals surface area contributed by atoms with E-state index in [1.807, 2.05) is 0 Å². The van der Waals surface area contributed by atoms with Crippen molar-refractivity contribution >= 4 is 27.5 Å². The Kier molecular flexibility index (Phi) is 4.81. The Hall–Kier alpha value is -1.97. The summed E-state index contributed by atoms with van der Waals surface area (Å²) in [6.07, 6.45) is 2.80. The zero-order chi connectivity index (χ0) is 18.2. The predicted molar refractivity (Wildman–Crippen MR) is 91.8 cm³/mol. The molecule has 1 saturated heterocycles. The monoisotopic (exact) mass is 383 g/mol. The van der Waals surface area contributed by atoms with Crippen molar-refractivity contribution in [3.63, 3.8) is 0 Å². The maximum atomic E-state index is 13.0. The van der Waals surface area contributed by atoms with E-state index < -0.39 is 15.9 Å². The number of piperidine rings is 1. The molecule has 2 aromatic rings. The van der Waals surface area contributed by atoms with E-state index in [9.17, 15) is 13.2 Å². The van der Waals surface area contributed by atoms with Crippen molar-refractivity contribution in [1.29, 1.82) is 0 Å². The molecule has 134 valence electrons. The number of aryl methyl sites for hydroxylation is 1. The SMILES string of the molecule is Cc1cccc(Cl)c1S(=O)(=O)N1CCCC(n2cnc(C(N)=O)n2)C1. The molecule has 0 radical (unpaired) electrons. The van der Waals surface area contributed by atoms with Gasteiger partial charge in [-0.05, 0) is 31.4 Å². The van der Waals surface area contributed by atoms with Crippen LogP contribution in [0, 0.1) is 6.92 Å². The fourth-order valence-electron chi connectivity index (χ4n) is 2.99. The number of hydrogen-bond donors (Lipinski definition) is 1. The highest BCUT2D eigenvalue weighted by atomic mass is 35.5. The topological polar surface area (TPSA) is 111 Å². The average molecular weight is 384 g/mol. The molecule has 25 heavy (non-hydrogen) atoms. The van der Waals surface area contributed by atoms with Crippen LogP contribution in [-0.4, -0.2) is 46.5 Å². The van der Waals surface area contributed by atoms with Crippen molar-refractivity contribution in [1.82, 2.24) is 19.1 Å². The number of aromatic nitrogens is 3. The highest BCUT2D eigenvalue weighted by Crippen LogP contribution is 2.31. The summed E-state index contributed by atoms with van der Waals surface area (Å²) in [5.41, 5.74) is 5.77. The fourth-order valence-corrected chi connectivity index (χ4v) is 5.29. The summed E-state index contributed by atoms with van der Waals surface area (Å²) in [6, 6.07) is 4.79. The molecular formula is C15H18ClN5O3S. The van der Waals surface area contributed by atoms with E-state index >= 15 is 0 Å². The molecule has 1 unspecified atom stereocenters. The molecule has 0 spiro atoms. The van der Waals surface area contributed by atoms with Gasteiger partial charge in [0.25, 0.3) is 5.91 Å². The van der Waals surface area contributed by atoms with Crippen LogP contribution in [0.1, 0.15) is 35.1 Å². The summed E-state index contributed by atoms with van der Waals surface area (Å²) in [7, 11) is -3.73. The quantitative estimate of drug-likeness (QED) is 0.856. The second-order valence-corrected chi connectivity index (χ2v) is 8.24. The van der Waals surface area contributed by atoms with Crippen LogP contribution < -0.4 is 5.73 Å². The molecule has 3 rings (SSSR count). The van der Waals surface area contributed by atoms with E-state index in [-0.39, 0.29) is 28.3 Å². The highest BCUT2D eigenvalue weighted by Gasteiger charge is 2.33. The van der Waals surface area contributed by atoms with E-state index in [4.69, 9.17) is 17.3 Å². The van der Waals surface area contributed by atoms with E-state index in [2.05, 4.69) is 10.1 Å². The number of benzene rings is 1. The summed E-state index contributed by atoms with van der Waals surface area (Å²) >= 11 is 6.14. The molecule has 10 heteroatoms. The first-order valence-corrected chi connectivity index (χ1v) is 9.58. The molecule has 8 nitrogen and oxygen atoms in total. The predicted octanol–water partition coefficient (Wildman–Crippen LogP) is 1.36. The Balaban J connectivity index is 1.89. The Labute approximate surface area is 150 Å².